The Bertz CT molecular complexity index is 1730. The number of aryl methyl sites for hydroxylation is 1. The monoisotopic (exact) mass is 615 g/mol. The minimum atomic E-state index is -0.576. The maximum absolute atomic E-state index is 13.8. The number of H-pyrrole nitrogens is 1. The van der Waals surface area contributed by atoms with Gasteiger partial charge in [0.2, 0.25) is 17.7 Å². The van der Waals surface area contributed by atoms with Crippen LogP contribution in [0, 0.1) is 17.8 Å². The lowest BCUT2D eigenvalue weighted by Gasteiger charge is -2.39. The first-order valence-corrected chi connectivity index (χ1v) is 15.0. The standard InChI is InChI=1S/C32H34ClN7O4/c1-34-29(41)14-36-31(43)25-18-39(30(42)10-20-13-35-27-11-22(33)8-9-23(20)27)15-21-16-40(17-24(21)25)32(44)28-12-26(37-38(28)2)19-6-4-3-5-7-19/h3-9,11-13,21,24-25,35H,10,14-18H2,1-2H3,(H,34,41)(H,36,43). The van der Waals surface area contributed by atoms with Crippen molar-refractivity contribution in [1.82, 2.24) is 35.2 Å². The molecule has 0 bridgehead atoms. The van der Waals surface area contributed by atoms with E-state index in [-0.39, 0.29) is 55.0 Å². The number of rotatable bonds is 7. The van der Waals surface area contributed by atoms with Gasteiger partial charge in [0.1, 0.15) is 5.69 Å². The summed E-state index contributed by atoms with van der Waals surface area (Å²) in [5, 5.41) is 11.3. The van der Waals surface area contributed by atoms with E-state index in [4.69, 9.17) is 11.6 Å². The van der Waals surface area contributed by atoms with E-state index >= 15 is 0 Å². The van der Waals surface area contributed by atoms with Gasteiger partial charge >= 0.3 is 0 Å². The molecule has 44 heavy (non-hydrogen) atoms. The molecule has 2 aromatic carbocycles. The number of likely N-dealkylation sites (N-methyl/N-ethyl adjacent to an activating group) is 1. The molecule has 4 aromatic rings. The van der Waals surface area contributed by atoms with Crippen LogP contribution in [0.4, 0.5) is 0 Å². The number of carbonyl (C=O) groups is 4. The third kappa shape index (κ3) is 5.79. The highest BCUT2D eigenvalue weighted by Gasteiger charge is 2.48. The second kappa shape index (κ2) is 12.2. The molecule has 3 atom stereocenters. The van der Waals surface area contributed by atoms with Crippen LogP contribution >= 0.6 is 11.6 Å². The van der Waals surface area contributed by atoms with Crippen molar-refractivity contribution in [3.05, 3.63) is 77.1 Å². The molecule has 0 aliphatic carbocycles. The predicted molar refractivity (Wildman–Crippen MR) is 166 cm³/mol. The zero-order chi connectivity index (χ0) is 31.0. The van der Waals surface area contributed by atoms with Gasteiger partial charge < -0.3 is 25.4 Å². The lowest BCUT2D eigenvalue weighted by atomic mass is 9.79. The number of aromatic nitrogens is 3. The van der Waals surface area contributed by atoms with Crippen molar-refractivity contribution >= 4 is 46.1 Å². The molecule has 11 nitrogen and oxygen atoms in total. The molecule has 3 N–H and O–H groups in total. The third-order valence-corrected chi connectivity index (χ3v) is 9.03. The molecule has 4 amide bonds. The van der Waals surface area contributed by atoms with Crippen LogP contribution < -0.4 is 10.6 Å². The summed E-state index contributed by atoms with van der Waals surface area (Å²) in [5.74, 6) is -1.73. The molecule has 4 heterocycles. The van der Waals surface area contributed by atoms with E-state index in [1.807, 2.05) is 48.7 Å². The van der Waals surface area contributed by atoms with Crippen LogP contribution in [-0.2, 0) is 27.9 Å². The molecule has 0 saturated carbocycles. The summed E-state index contributed by atoms with van der Waals surface area (Å²) in [7, 11) is 3.25. The fourth-order valence-electron chi connectivity index (χ4n) is 6.47. The van der Waals surface area contributed by atoms with Crippen molar-refractivity contribution in [3.8, 4) is 11.3 Å². The van der Waals surface area contributed by atoms with Gasteiger partial charge in [-0.05, 0) is 35.6 Å². The van der Waals surface area contributed by atoms with Gasteiger partial charge in [0.05, 0.1) is 24.6 Å². The SMILES string of the molecule is CNC(=O)CNC(=O)C1CN(C(=O)Cc2c[nH]c3cc(Cl)ccc23)CC2CN(C(=O)c3cc(-c4ccccc4)nn3C)CC21. The normalized spacial score (nSPS) is 19.6. The summed E-state index contributed by atoms with van der Waals surface area (Å²) in [6.45, 7) is 1.26. The molecule has 2 aromatic heterocycles. The van der Waals surface area contributed by atoms with E-state index in [0.717, 1.165) is 22.0 Å². The molecule has 2 aliphatic rings. The Morgan fingerprint density at radius 3 is 2.55 bits per heavy atom. The smallest absolute Gasteiger partial charge is 0.272 e. The van der Waals surface area contributed by atoms with Gasteiger partial charge in [-0.3, -0.25) is 23.9 Å². The average molecular weight is 616 g/mol. The van der Waals surface area contributed by atoms with Crippen molar-refractivity contribution in [1.29, 1.82) is 0 Å². The minimum Gasteiger partial charge on any atom is -0.361 e. The number of likely N-dealkylation sites (tertiary alicyclic amines) is 2. The van der Waals surface area contributed by atoms with Gasteiger partial charge in [0, 0.05) is 68.0 Å². The van der Waals surface area contributed by atoms with Gasteiger partial charge in [-0.2, -0.15) is 5.10 Å². The Kier molecular flexibility index (Phi) is 8.13. The molecule has 2 fully saturated rings. The van der Waals surface area contributed by atoms with Crippen molar-refractivity contribution in [2.75, 3.05) is 39.8 Å². The van der Waals surface area contributed by atoms with Crippen molar-refractivity contribution in [2.24, 2.45) is 24.8 Å². The van der Waals surface area contributed by atoms with Gasteiger partial charge in [0.15, 0.2) is 0 Å². The van der Waals surface area contributed by atoms with Crippen LogP contribution in [0.5, 0.6) is 0 Å². The first kappa shape index (κ1) is 29.4. The third-order valence-electron chi connectivity index (χ3n) is 8.80. The number of halogens is 1. The van der Waals surface area contributed by atoms with E-state index in [1.54, 1.807) is 33.7 Å². The number of amides is 4. The number of nitrogens with one attached hydrogen (secondary N) is 3. The van der Waals surface area contributed by atoms with Crippen molar-refractivity contribution in [3.63, 3.8) is 0 Å². The molecule has 0 radical (unpaired) electrons. The van der Waals surface area contributed by atoms with E-state index in [9.17, 15) is 19.2 Å². The molecule has 228 valence electrons. The predicted octanol–water partition coefficient (Wildman–Crippen LogP) is 2.47. The summed E-state index contributed by atoms with van der Waals surface area (Å²) in [6.07, 6.45) is 1.97. The molecule has 0 spiro atoms. The number of nitrogens with zero attached hydrogens (tertiary/aromatic N) is 4. The van der Waals surface area contributed by atoms with Gasteiger partial charge in [-0.1, -0.05) is 48.0 Å². The zero-order valence-corrected chi connectivity index (χ0v) is 25.3. The van der Waals surface area contributed by atoms with Crippen LogP contribution in [0.3, 0.4) is 0 Å². The summed E-state index contributed by atoms with van der Waals surface area (Å²) in [6, 6.07) is 17.0. The topological polar surface area (TPSA) is 132 Å². The molecule has 12 heteroatoms. The molecule has 6 rings (SSSR count). The Morgan fingerprint density at radius 2 is 1.77 bits per heavy atom. The molecule has 3 unspecified atom stereocenters. The Labute approximate surface area is 259 Å². The number of carbonyl (C=O) groups excluding carboxylic acids is 4. The second-order valence-corrected chi connectivity index (χ2v) is 12.0. The lowest BCUT2D eigenvalue weighted by molar-refractivity contribution is -0.139. The van der Waals surface area contributed by atoms with E-state index in [2.05, 4.69) is 20.7 Å². The quantitative estimate of drug-likeness (QED) is 0.294. The highest BCUT2D eigenvalue weighted by molar-refractivity contribution is 6.31. The maximum Gasteiger partial charge on any atom is 0.272 e. The number of fused-ring (bicyclic) bond motifs is 2. The maximum atomic E-state index is 13.8. The number of aromatic amines is 1. The summed E-state index contributed by atoms with van der Waals surface area (Å²) >= 11 is 6.13. The van der Waals surface area contributed by atoms with Gasteiger partial charge in [0.25, 0.3) is 5.91 Å². The molecular weight excluding hydrogens is 582 g/mol. The van der Waals surface area contributed by atoms with Crippen LogP contribution in [0.25, 0.3) is 22.2 Å². The van der Waals surface area contributed by atoms with Crippen molar-refractivity contribution < 1.29 is 19.2 Å². The number of benzene rings is 2. The fraction of sp³-hybridized carbons (Fsp3) is 0.344. The first-order chi connectivity index (χ1) is 21.2. The number of hydrogen-bond acceptors (Lipinski definition) is 5. The Morgan fingerprint density at radius 1 is 1.00 bits per heavy atom. The largest absolute Gasteiger partial charge is 0.361 e. The van der Waals surface area contributed by atoms with Crippen LogP contribution in [0.2, 0.25) is 5.02 Å². The van der Waals surface area contributed by atoms with E-state index < -0.39 is 5.92 Å². The Balaban J connectivity index is 1.22. The minimum absolute atomic E-state index is 0.101. The summed E-state index contributed by atoms with van der Waals surface area (Å²) in [4.78, 5) is 59.4. The highest BCUT2D eigenvalue weighted by atomic mass is 35.5. The average Bonchev–Trinajstić information content (AvgIpc) is 3.75. The van der Waals surface area contributed by atoms with Crippen LogP contribution in [-0.4, -0.2) is 88.0 Å². The molecular formula is C32H34ClN7O4. The second-order valence-electron chi connectivity index (χ2n) is 11.5. The highest BCUT2D eigenvalue weighted by Crippen LogP contribution is 2.37. The fourth-order valence-corrected chi connectivity index (χ4v) is 6.64. The molecule has 2 saturated heterocycles. The van der Waals surface area contributed by atoms with E-state index in [0.29, 0.717) is 36.0 Å². The number of hydrogen-bond donors (Lipinski definition) is 3. The number of piperidine rings is 1. The Hall–Kier alpha value is -4.64. The zero-order valence-electron chi connectivity index (χ0n) is 24.5. The lowest BCUT2D eigenvalue weighted by Crippen LogP contribution is -2.54. The first-order valence-electron chi connectivity index (χ1n) is 14.6. The summed E-state index contributed by atoms with van der Waals surface area (Å²) in [5.41, 5.74) is 3.77. The molecule has 2 aliphatic heterocycles. The van der Waals surface area contributed by atoms with Crippen molar-refractivity contribution in [2.45, 2.75) is 6.42 Å². The van der Waals surface area contributed by atoms with Crippen LogP contribution in [0.15, 0.2) is 60.8 Å². The van der Waals surface area contributed by atoms with Gasteiger partial charge in [-0.25, -0.2) is 0 Å². The summed E-state index contributed by atoms with van der Waals surface area (Å²) < 4.78 is 1.59. The van der Waals surface area contributed by atoms with E-state index in [1.165, 1.54) is 7.05 Å². The van der Waals surface area contributed by atoms with Crippen LogP contribution in [0.1, 0.15) is 16.1 Å². The van der Waals surface area contributed by atoms with Gasteiger partial charge in [-0.15, -0.1) is 0 Å².